The van der Waals surface area contributed by atoms with E-state index in [2.05, 4.69) is 0 Å². The van der Waals surface area contributed by atoms with E-state index in [-0.39, 0.29) is 30.0 Å². The predicted octanol–water partition coefficient (Wildman–Crippen LogP) is 2.24. The Morgan fingerprint density at radius 2 is 2.20 bits per heavy atom. The van der Waals surface area contributed by atoms with Crippen LogP contribution in [0.4, 0.5) is 8.78 Å². The van der Waals surface area contributed by atoms with Crippen LogP contribution in [0.25, 0.3) is 0 Å². The topological polar surface area (TPSA) is 46.3 Å². The van der Waals surface area contributed by atoms with E-state index in [0.29, 0.717) is 6.54 Å². The Balaban J connectivity index is 2.12. The van der Waals surface area contributed by atoms with Crippen LogP contribution in [0.15, 0.2) is 18.2 Å². The van der Waals surface area contributed by atoms with Crippen LogP contribution in [-0.2, 0) is 11.2 Å². The van der Waals surface area contributed by atoms with Gasteiger partial charge in [-0.05, 0) is 32.3 Å². The zero-order valence-electron chi connectivity index (χ0n) is 11.6. The second-order valence-electron chi connectivity index (χ2n) is 5.40. The van der Waals surface area contributed by atoms with Crippen LogP contribution in [0.3, 0.4) is 0 Å². The average Bonchev–Trinajstić information content (AvgIpc) is 2.43. The second-order valence-corrected chi connectivity index (χ2v) is 5.40. The molecule has 2 N–H and O–H groups in total. The van der Waals surface area contributed by atoms with E-state index in [4.69, 9.17) is 5.73 Å². The minimum Gasteiger partial charge on any atom is -0.338 e. The van der Waals surface area contributed by atoms with Crippen molar-refractivity contribution >= 4 is 5.91 Å². The van der Waals surface area contributed by atoms with Crippen LogP contribution in [0.1, 0.15) is 31.7 Å². The summed E-state index contributed by atoms with van der Waals surface area (Å²) in [6, 6.07) is 3.79. The van der Waals surface area contributed by atoms with Gasteiger partial charge in [0.2, 0.25) is 5.91 Å². The molecule has 0 spiro atoms. The lowest BCUT2D eigenvalue weighted by atomic mass is 9.96. The Labute approximate surface area is 117 Å². The van der Waals surface area contributed by atoms with Gasteiger partial charge >= 0.3 is 0 Å². The number of nitrogens with two attached hydrogens (primary N) is 1. The second kappa shape index (κ2) is 6.31. The van der Waals surface area contributed by atoms with Crippen molar-refractivity contribution in [1.29, 1.82) is 0 Å². The SMILES string of the molecule is CC(N)C1CCCCN1C(=O)Cc1cccc(F)c1F. The molecule has 1 aromatic rings. The van der Waals surface area contributed by atoms with Gasteiger partial charge in [0.05, 0.1) is 6.42 Å². The van der Waals surface area contributed by atoms with Gasteiger partial charge in [-0.25, -0.2) is 8.78 Å². The molecule has 2 atom stereocenters. The van der Waals surface area contributed by atoms with Crippen LogP contribution in [0.2, 0.25) is 0 Å². The summed E-state index contributed by atoms with van der Waals surface area (Å²) in [7, 11) is 0. The molecule has 0 radical (unpaired) electrons. The van der Waals surface area contributed by atoms with Crippen molar-refractivity contribution < 1.29 is 13.6 Å². The molecule has 1 heterocycles. The molecule has 1 fully saturated rings. The summed E-state index contributed by atoms with van der Waals surface area (Å²) in [6.07, 6.45) is 2.73. The predicted molar refractivity (Wildman–Crippen MR) is 73.1 cm³/mol. The molecule has 1 amide bonds. The number of benzene rings is 1. The maximum Gasteiger partial charge on any atom is 0.227 e. The highest BCUT2D eigenvalue weighted by Gasteiger charge is 2.29. The molecule has 2 unspecified atom stereocenters. The molecule has 0 aromatic heterocycles. The third-order valence-corrected chi connectivity index (χ3v) is 3.85. The van der Waals surface area contributed by atoms with Crippen LogP contribution >= 0.6 is 0 Å². The smallest absolute Gasteiger partial charge is 0.227 e. The summed E-state index contributed by atoms with van der Waals surface area (Å²) in [5, 5.41) is 0. The summed E-state index contributed by atoms with van der Waals surface area (Å²) in [4.78, 5) is 14.0. The molecule has 110 valence electrons. The number of halogens is 2. The van der Waals surface area contributed by atoms with Gasteiger partial charge in [-0.1, -0.05) is 12.1 Å². The van der Waals surface area contributed by atoms with Gasteiger partial charge in [-0.2, -0.15) is 0 Å². The van der Waals surface area contributed by atoms with Crippen molar-refractivity contribution in [1.82, 2.24) is 4.90 Å². The fraction of sp³-hybridized carbons (Fsp3) is 0.533. The van der Waals surface area contributed by atoms with E-state index in [1.165, 1.54) is 12.1 Å². The monoisotopic (exact) mass is 282 g/mol. The van der Waals surface area contributed by atoms with Crippen LogP contribution in [0.5, 0.6) is 0 Å². The van der Waals surface area contributed by atoms with Gasteiger partial charge in [0.25, 0.3) is 0 Å². The number of likely N-dealkylation sites (tertiary alicyclic amines) is 1. The van der Waals surface area contributed by atoms with Gasteiger partial charge in [-0.15, -0.1) is 0 Å². The molecule has 1 aliphatic rings. The van der Waals surface area contributed by atoms with Crippen molar-refractivity contribution in [3.05, 3.63) is 35.4 Å². The number of piperidine rings is 1. The molecule has 0 aliphatic carbocycles. The molecule has 0 saturated carbocycles. The lowest BCUT2D eigenvalue weighted by molar-refractivity contribution is -0.134. The highest BCUT2D eigenvalue weighted by Crippen LogP contribution is 2.21. The van der Waals surface area contributed by atoms with Crippen LogP contribution in [-0.4, -0.2) is 29.4 Å². The number of hydrogen-bond donors (Lipinski definition) is 1. The Bertz CT molecular complexity index is 491. The van der Waals surface area contributed by atoms with Crippen LogP contribution in [0, 0.1) is 11.6 Å². The van der Waals surface area contributed by atoms with Crippen molar-refractivity contribution in [3.8, 4) is 0 Å². The van der Waals surface area contributed by atoms with E-state index >= 15 is 0 Å². The van der Waals surface area contributed by atoms with E-state index in [1.807, 2.05) is 6.92 Å². The van der Waals surface area contributed by atoms with Crippen molar-refractivity contribution in [3.63, 3.8) is 0 Å². The van der Waals surface area contributed by atoms with Gasteiger partial charge in [0.1, 0.15) is 0 Å². The Morgan fingerprint density at radius 1 is 1.45 bits per heavy atom. The van der Waals surface area contributed by atoms with Crippen molar-refractivity contribution in [2.24, 2.45) is 5.73 Å². The van der Waals surface area contributed by atoms with E-state index < -0.39 is 11.6 Å². The molecule has 5 heteroatoms. The first-order valence-electron chi connectivity index (χ1n) is 6.98. The van der Waals surface area contributed by atoms with Gasteiger partial charge in [-0.3, -0.25) is 4.79 Å². The molecule has 1 saturated heterocycles. The molecule has 1 aromatic carbocycles. The third kappa shape index (κ3) is 3.15. The number of hydrogen-bond acceptors (Lipinski definition) is 2. The Kier molecular flexibility index (Phi) is 4.70. The van der Waals surface area contributed by atoms with Crippen LogP contribution < -0.4 is 5.73 Å². The lowest BCUT2D eigenvalue weighted by Crippen LogP contribution is -2.52. The first kappa shape index (κ1) is 14.9. The molecule has 2 rings (SSSR count). The molecule has 3 nitrogen and oxygen atoms in total. The summed E-state index contributed by atoms with van der Waals surface area (Å²) in [5.74, 6) is -2.04. The number of amides is 1. The summed E-state index contributed by atoms with van der Waals surface area (Å²) >= 11 is 0. The Hall–Kier alpha value is -1.49. The lowest BCUT2D eigenvalue weighted by Gasteiger charge is -2.38. The molecular formula is C15H20F2N2O. The quantitative estimate of drug-likeness (QED) is 0.924. The number of carbonyl (C=O) groups excluding carboxylic acids is 1. The minimum absolute atomic E-state index is 0.00660. The normalized spacial score (nSPS) is 20.8. The maximum atomic E-state index is 13.6. The molecular weight excluding hydrogens is 262 g/mol. The van der Waals surface area contributed by atoms with Gasteiger partial charge in [0.15, 0.2) is 11.6 Å². The molecule has 1 aliphatic heterocycles. The van der Waals surface area contributed by atoms with E-state index in [9.17, 15) is 13.6 Å². The maximum absolute atomic E-state index is 13.6. The van der Waals surface area contributed by atoms with Gasteiger partial charge < -0.3 is 10.6 Å². The first-order valence-corrected chi connectivity index (χ1v) is 6.98. The van der Waals surface area contributed by atoms with Crippen molar-refractivity contribution in [2.45, 2.75) is 44.7 Å². The third-order valence-electron chi connectivity index (χ3n) is 3.85. The van der Waals surface area contributed by atoms with E-state index in [0.717, 1.165) is 25.3 Å². The fourth-order valence-electron chi connectivity index (χ4n) is 2.76. The number of nitrogens with zero attached hydrogens (tertiary/aromatic N) is 1. The minimum atomic E-state index is -0.935. The van der Waals surface area contributed by atoms with Gasteiger partial charge in [0, 0.05) is 24.2 Å². The van der Waals surface area contributed by atoms with E-state index in [1.54, 1.807) is 4.90 Å². The molecule has 0 bridgehead atoms. The summed E-state index contributed by atoms with van der Waals surface area (Å²) < 4.78 is 26.8. The highest BCUT2D eigenvalue weighted by molar-refractivity contribution is 5.79. The summed E-state index contributed by atoms with van der Waals surface area (Å²) in [6.45, 7) is 2.51. The zero-order chi connectivity index (χ0) is 14.7. The largest absolute Gasteiger partial charge is 0.338 e. The standard InChI is InChI=1S/C15H20F2N2O/c1-10(18)13-7-2-3-8-19(13)14(20)9-11-5-4-6-12(16)15(11)17/h4-6,10,13H,2-3,7-9,18H2,1H3. The number of carbonyl (C=O) groups is 1. The summed E-state index contributed by atoms with van der Waals surface area (Å²) in [5.41, 5.74) is 6.02. The first-order chi connectivity index (χ1) is 9.50. The van der Waals surface area contributed by atoms with Crippen molar-refractivity contribution in [2.75, 3.05) is 6.54 Å². The highest BCUT2D eigenvalue weighted by atomic mass is 19.2. The Morgan fingerprint density at radius 3 is 2.90 bits per heavy atom. The fourth-order valence-corrected chi connectivity index (χ4v) is 2.76. The number of rotatable bonds is 3. The average molecular weight is 282 g/mol. The molecule has 20 heavy (non-hydrogen) atoms. The zero-order valence-corrected chi connectivity index (χ0v) is 11.6.